The number of hydrogen-bond donors (Lipinski definition) is 0. The molecule has 7 nitrogen and oxygen atoms in total. The molecule has 1 atom stereocenters. The molecule has 3 aromatic carbocycles. The molecule has 1 saturated heterocycles. The quantitative estimate of drug-likeness (QED) is 0.317. The van der Waals surface area contributed by atoms with E-state index in [9.17, 15) is 13.2 Å². The van der Waals surface area contributed by atoms with Crippen LogP contribution in [-0.2, 0) is 16.6 Å². The summed E-state index contributed by atoms with van der Waals surface area (Å²) >= 11 is 3.36. The summed E-state index contributed by atoms with van der Waals surface area (Å²) in [4.78, 5) is 21.2. The van der Waals surface area contributed by atoms with Gasteiger partial charge in [0.15, 0.2) is 0 Å². The van der Waals surface area contributed by atoms with Crippen molar-refractivity contribution in [3.05, 3.63) is 105 Å². The summed E-state index contributed by atoms with van der Waals surface area (Å²) < 4.78 is 30.6. The number of benzene rings is 3. The van der Waals surface area contributed by atoms with Crippen LogP contribution in [-0.4, -0.2) is 53.4 Å². The molecule has 0 spiro atoms. The molecule has 5 rings (SSSR count). The maximum atomic E-state index is 13.6. The lowest BCUT2D eigenvalue weighted by molar-refractivity contribution is 0.126. The number of halogens is 1. The summed E-state index contributed by atoms with van der Waals surface area (Å²) in [6, 6.07) is 24.0. The number of rotatable bonds is 7. The minimum absolute atomic E-state index is 0.0562. The molecular weight excluding hydrogens is 552 g/mol. The van der Waals surface area contributed by atoms with Gasteiger partial charge < -0.3 is 0 Å². The van der Waals surface area contributed by atoms with Gasteiger partial charge in [0.1, 0.15) is 5.82 Å². The highest BCUT2D eigenvalue weighted by Crippen LogP contribution is 2.27. The van der Waals surface area contributed by atoms with Crippen LogP contribution in [0.5, 0.6) is 0 Å². The molecule has 0 amide bonds. The third kappa shape index (κ3) is 5.27. The first kappa shape index (κ1) is 25.8. The summed E-state index contributed by atoms with van der Waals surface area (Å²) in [5, 5.41) is 0.599. The van der Waals surface area contributed by atoms with Crippen LogP contribution >= 0.6 is 15.9 Å². The normalized spacial score (nSPS) is 16.2. The van der Waals surface area contributed by atoms with E-state index >= 15 is 0 Å². The van der Waals surface area contributed by atoms with Crippen LogP contribution in [0.3, 0.4) is 0 Å². The molecule has 37 heavy (non-hydrogen) atoms. The van der Waals surface area contributed by atoms with Gasteiger partial charge in [-0.25, -0.2) is 13.4 Å². The van der Waals surface area contributed by atoms with Gasteiger partial charge in [-0.2, -0.15) is 4.31 Å². The molecule has 0 N–H and O–H groups in total. The number of piperazine rings is 1. The first-order chi connectivity index (χ1) is 17.9. The molecule has 2 heterocycles. The van der Waals surface area contributed by atoms with Gasteiger partial charge in [-0.3, -0.25) is 14.3 Å². The van der Waals surface area contributed by atoms with Gasteiger partial charge in [-0.05, 0) is 48.4 Å². The van der Waals surface area contributed by atoms with E-state index in [0.29, 0.717) is 48.5 Å². The minimum Gasteiger partial charge on any atom is -0.291 e. The fourth-order valence-corrected chi connectivity index (χ4v) is 6.66. The van der Waals surface area contributed by atoms with Crippen LogP contribution in [0.15, 0.2) is 93.0 Å². The highest BCUT2D eigenvalue weighted by atomic mass is 79.9. The van der Waals surface area contributed by atoms with Crippen molar-refractivity contribution in [1.82, 2.24) is 18.8 Å². The standard InChI is InChI=1S/C28H29BrN4O3S/c1-2-26(31-16-18-32(19-17-31)37(35,36)23-14-12-22(29)13-15-23)27-30-25-11-7-6-10-24(25)28(34)33(27)20-21-8-4-3-5-9-21/h3-15,26H,2,16-20H2,1H3. The molecule has 0 aliphatic carbocycles. The van der Waals surface area contributed by atoms with Crippen molar-refractivity contribution in [2.24, 2.45) is 0 Å². The number of aromatic nitrogens is 2. The average molecular weight is 582 g/mol. The molecule has 1 aromatic heterocycles. The number of sulfonamides is 1. The van der Waals surface area contributed by atoms with Gasteiger partial charge in [0, 0.05) is 30.7 Å². The van der Waals surface area contributed by atoms with Crippen LogP contribution < -0.4 is 5.56 Å². The molecular formula is C28H29BrN4O3S. The van der Waals surface area contributed by atoms with E-state index < -0.39 is 10.0 Å². The fourth-order valence-electron chi connectivity index (χ4n) is 4.97. The molecule has 1 aliphatic heterocycles. The van der Waals surface area contributed by atoms with Gasteiger partial charge in [0.05, 0.1) is 28.4 Å². The Bertz CT molecular complexity index is 1550. The lowest BCUT2D eigenvalue weighted by Gasteiger charge is -2.38. The Morgan fingerprint density at radius 2 is 1.54 bits per heavy atom. The summed E-state index contributed by atoms with van der Waals surface area (Å²) in [6.45, 7) is 4.40. The molecule has 1 fully saturated rings. The molecule has 0 radical (unpaired) electrons. The van der Waals surface area contributed by atoms with Crippen LogP contribution in [0.4, 0.5) is 0 Å². The number of fused-ring (bicyclic) bond motifs is 1. The number of para-hydroxylation sites is 1. The third-order valence-corrected chi connectivity index (χ3v) is 9.37. The molecule has 1 unspecified atom stereocenters. The van der Waals surface area contributed by atoms with Gasteiger partial charge in [-0.1, -0.05) is 65.3 Å². The minimum atomic E-state index is -3.57. The second-order valence-corrected chi connectivity index (χ2v) is 12.0. The van der Waals surface area contributed by atoms with E-state index in [1.807, 2.05) is 54.6 Å². The molecule has 1 aliphatic rings. The number of hydrogen-bond acceptors (Lipinski definition) is 5. The van der Waals surface area contributed by atoms with Crippen molar-refractivity contribution >= 4 is 36.9 Å². The van der Waals surface area contributed by atoms with Crippen LogP contribution in [0, 0.1) is 0 Å². The van der Waals surface area contributed by atoms with Crippen molar-refractivity contribution < 1.29 is 8.42 Å². The van der Waals surface area contributed by atoms with E-state index in [1.54, 1.807) is 33.1 Å². The highest BCUT2D eigenvalue weighted by molar-refractivity contribution is 9.10. The smallest absolute Gasteiger partial charge is 0.261 e. The van der Waals surface area contributed by atoms with Crippen molar-refractivity contribution in [3.63, 3.8) is 0 Å². The summed E-state index contributed by atoms with van der Waals surface area (Å²) in [5.74, 6) is 0.722. The molecule has 192 valence electrons. The van der Waals surface area contributed by atoms with E-state index in [2.05, 4.69) is 27.8 Å². The maximum Gasteiger partial charge on any atom is 0.261 e. The van der Waals surface area contributed by atoms with Gasteiger partial charge in [0.25, 0.3) is 5.56 Å². The van der Waals surface area contributed by atoms with E-state index in [4.69, 9.17) is 4.98 Å². The zero-order chi connectivity index (χ0) is 26.0. The zero-order valence-electron chi connectivity index (χ0n) is 20.6. The van der Waals surface area contributed by atoms with Crippen LogP contribution in [0.2, 0.25) is 0 Å². The fraction of sp³-hybridized carbons (Fsp3) is 0.286. The largest absolute Gasteiger partial charge is 0.291 e. The van der Waals surface area contributed by atoms with Crippen molar-refractivity contribution in [2.75, 3.05) is 26.2 Å². The van der Waals surface area contributed by atoms with Gasteiger partial charge in [-0.15, -0.1) is 0 Å². The summed E-state index contributed by atoms with van der Waals surface area (Å²) in [6.07, 6.45) is 0.749. The monoisotopic (exact) mass is 580 g/mol. The molecule has 0 bridgehead atoms. The highest BCUT2D eigenvalue weighted by Gasteiger charge is 2.33. The Hall–Kier alpha value is -2.85. The van der Waals surface area contributed by atoms with Crippen LogP contribution in [0.25, 0.3) is 10.9 Å². The second-order valence-electron chi connectivity index (χ2n) is 9.18. The third-order valence-electron chi connectivity index (χ3n) is 6.92. The lowest BCUT2D eigenvalue weighted by Crippen LogP contribution is -2.50. The Labute approximate surface area is 225 Å². The van der Waals surface area contributed by atoms with E-state index in [0.717, 1.165) is 22.3 Å². The topological polar surface area (TPSA) is 75.5 Å². The Morgan fingerprint density at radius 3 is 2.22 bits per heavy atom. The first-order valence-corrected chi connectivity index (χ1v) is 14.6. The van der Waals surface area contributed by atoms with Gasteiger partial charge >= 0.3 is 0 Å². The SMILES string of the molecule is CCC(c1nc2ccccc2c(=O)n1Cc1ccccc1)N1CCN(S(=O)(=O)c2ccc(Br)cc2)CC1. The van der Waals surface area contributed by atoms with Crippen molar-refractivity contribution in [3.8, 4) is 0 Å². The predicted molar refractivity (Wildman–Crippen MR) is 149 cm³/mol. The van der Waals surface area contributed by atoms with E-state index in [-0.39, 0.29) is 11.6 Å². The molecule has 9 heteroatoms. The second kappa shape index (κ2) is 10.9. The Kier molecular flexibility index (Phi) is 7.57. The van der Waals surface area contributed by atoms with E-state index in [1.165, 1.54) is 0 Å². The van der Waals surface area contributed by atoms with Crippen molar-refractivity contribution in [1.29, 1.82) is 0 Å². The number of nitrogens with zero attached hydrogens (tertiary/aromatic N) is 4. The average Bonchev–Trinajstić information content (AvgIpc) is 2.92. The summed E-state index contributed by atoms with van der Waals surface area (Å²) in [5.41, 5.74) is 1.66. The van der Waals surface area contributed by atoms with Crippen molar-refractivity contribution in [2.45, 2.75) is 30.8 Å². The summed E-state index contributed by atoms with van der Waals surface area (Å²) in [7, 11) is -3.57. The lowest BCUT2D eigenvalue weighted by atomic mass is 10.1. The first-order valence-electron chi connectivity index (χ1n) is 12.4. The molecule has 4 aromatic rings. The molecule has 0 saturated carbocycles. The predicted octanol–water partition coefficient (Wildman–Crippen LogP) is 4.66. The van der Waals surface area contributed by atoms with Gasteiger partial charge in [0.2, 0.25) is 10.0 Å². The van der Waals surface area contributed by atoms with Crippen LogP contribution in [0.1, 0.15) is 30.8 Å². The zero-order valence-corrected chi connectivity index (χ0v) is 23.0. The Morgan fingerprint density at radius 1 is 0.892 bits per heavy atom. The maximum absolute atomic E-state index is 13.6. The Balaban J connectivity index is 1.45.